The number of fused-ring (bicyclic) bond motifs is 2. The van der Waals surface area contributed by atoms with E-state index in [2.05, 4.69) is 10.6 Å². The van der Waals surface area contributed by atoms with Crippen LogP contribution in [0.2, 0.25) is 0 Å². The molecular formula is C48H71N7O5. The molecule has 2 aliphatic carbocycles. The zero-order chi connectivity index (χ0) is 42.8. The van der Waals surface area contributed by atoms with Crippen molar-refractivity contribution in [1.29, 1.82) is 0 Å². The summed E-state index contributed by atoms with van der Waals surface area (Å²) in [7, 11) is 7.80. The zero-order valence-corrected chi connectivity index (χ0v) is 36.7. The van der Waals surface area contributed by atoms with Crippen molar-refractivity contribution in [2.45, 2.75) is 152 Å². The Morgan fingerprint density at radius 3 is 1.50 bits per heavy atom. The van der Waals surface area contributed by atoms with Crippen molar-refractivity contribution >= 4 is 29.5 Å². The van der Waals surface area contributed by atoms with Crippen LogP contribution >= 0.6 is 0 Å². The van der Waals surface area contributed by atoms with Crippen LogP contribution in [0.15, 0.2) is 48.5 Å². The van der Waals surface area contributed by atoms with Crippen LogP contribution in [0.4, 0.5) is 0 Å². The Hall–Kier alpha value is -4.29. The Morgan fingerprint density at radius 1 is 0.633 bits per heavy atom. The van der Waals surface area contributed by atoms with E-state index in [1.165, 1.54) is 38.5 Å². The van der Waals surface area contributed by atoms with Crippen molar-refractivity contribution in [2.75, 3.05) is 34.7 Å². The van der Waals surface area contributed by atoms with Crippen molar-refractivity contribution in [1.82, 2.24) is 30.2 Å². The van der Waals surface area contributed by atoms with Gasteiger partial charge in [0, 0.05) is 32.5 Å². The summed E-state index contributed by atoms with van der Waals surface area (Å²) in [5, 5.41) is 6.01. The summed E-state index contributed by atoms with van der Waals surface area (Å²) in [6.45, 7) is 1.08. The van der Waals surface area contributed by atoms with Crippen molar-refractivity contribution in [3.63, 3.8) is 0 Å². The maximum absolute atomic E-state index is 14.4. The van der Waals surface area contributed by atoms with Gasteiger partial charge < -0.3 is 26.2 Å². The average molecular weight is 826 g/mol. The highest BCUT2D eigenvalue weighted by molar-refractivity contribution is 5.93. The van der Waals surface area contributed by atoms with Crippen LogP contribution in [0.1, 0.15) is 119 Å². The van der Waals surface area contributed by atoms with Gasteiger partial charge in [-0.1, -0.05) is 113 Å². The highest BCUT2D eigenvalue weighted by Gasteiger charge is 2.41. The minimum absolute atomic E-state index is 0.00319. The summed E-state index contributed by atoms with van der Waals surface area (Å²) >= 11 is 0. The maximum Gasteiger partial charge on any atom is 0.243 e. The molecule has 0 aromatic heterocycles. The first kappa shape index (κ1) is 45.2. The number of carbonyl (C=O) groups excluding carboxylic acids is 5. The Balaban J connectivity index is 1.06. The Labute approximate surface area is 358 Å². The second-order valence-electron chi connectivity index (χ2n) is 18.6. The van der Waals surface area contributed by atoms with E-state index >= 15 is 0 Å². The molecule has 5 amide bonds. The first-order valence-electron chi connectivity index (χ1n) is 22.9. The number of nitrogens with zero attached hydrogens (tertiary/aromatic N) is 4. The number of nitrogens with one attached hydrogen (secondary N) is 2. The van der Waals surface area contributed by atoms with Crippen LogP contribution in [-0.4, -0.2) is 114 Å². The number of likely N-dealkylation sites (N-methyl/N-ethyl adjacent to an activating group) is 2. The molecule has 2 aliphatic heterocycles. The first-order valence-corrected chi connectivity index (χ1v) is 22.9. The summed E-state index contributed by atoms with van der Waals surface area (Å²) in [5.74, 6) is -0.264. The molecule has 4 aliphatic rings. The Morgan fingerprint density at radius 2 is 1.07 bits per heavy atom. The summed E-state index contributed by atoms with van der Waals surface area (Å²) in [6, 6.07) is 13.0. The molecule has 60 heavy (non-hydrogen) atoms. The van der Waals surface area contributed by atoms with Gasteiger partial charge in [0.15, 0.2) is 0 Å². The lowest BCUT2D eigenvalue weighted by Gasteiger charge is -2.40. The fraction of sp³-hybridized carbons (Fsp3) is 0.646. The molecule has 2 saturated carbocycles. The van der Waals surface area contributed by atoms with Gasteiger partial charge in [-0.25, -0.2) is 0 Å². The Kier molecular flexibility index (Phi) is 16.2. The second kappa shape index (κ2) is 21.5. The molecule has 2 heterocycles. The largest absolute Gasteiger partial charge is 0.368 e. The van der Waals surface area contributed by atoms with E-state index in [0.29, 0.717) is 63.6 Å². The monoisotopic (exact) mass is 826 g/mol. The van der Waals surface area contributed by atoms with Gasteiger partial charge in [-0.2, -0.15) is 0 Å². The van der Waals surface area contributed by atoms with Gasteiger partial charge in [-0.15, -0.1) is 0 Å². The number of benzene rings is 2. The van der Waals surface area contributed by atoms with Gasteiger partial charge in [0.1, 0.15) is 18.1 Å². The molecule has 12 heteroatoms. The van der Waals surface area contributed by atoms with E-state index < -0.39 is 24.0 Å². The van der Waals surface area contributed by atoms with Crippen LogP contribution in [-0.2, 0) is 49.9 Å². The number of rotatable bonds is 17. The predicted octanol–water partition coefficient (Wildman–Crippen LogP) is 4.95. The van der Waals surface area contributed by atoms with E-state index in [1.807, 2.05) is 86.5 Å². The fourth-order valence-corrected chi connectivity index (χ4v) is 10.3. The summed E-state index contributed by atoms with van der Waals surface area (Å²) in [6.07, 6.45) is 15.6. The molecule has 4 N–H and O–H groups in total. The highest BCUT2D eigenvalue weighted by Crippen LogP contribution is 2.33. The third kappa shape index (κ3) is 11.5. The van der Waals surface area contributed by atoms with Gasteiger partial charge in [0.25, 0.3) is 0 Å². The molecule has 0 bridgehead atoms. The molecule has 0 radical (unpaired) electrons. The third-order valence-corrected chi connectivity index (χ3v) is 13.9. The van der Waals surface area contributed by atoms with Crippen LogP contribution in [0, 0.1) is 11.8 Å². The van der Waals surface area contributed by atoms with Gasteiger partial charge in [0.05, 0.1) is 12.1 Å². The van der Waals surface area contributed by atoms with E-state index in [-0.39, 0.29) is 35.7 Å². The van der Waals surface area contributed by atoms with Gasteiger partial charge in [0.2, 0.25) is 29.5 Å². The molecular weight excluding hydrogens is 755 g/mol. The zero-order valence-electron chi connectivity index (χ0n) is 36.7. The summed E-state index contributed by atoms with van der Waals surface area (Å²) in [4.78, 5) is 77.0. The third-order valence-electron chi connectivity index (χ3n) is 13.9. The number of hydrogen-bond donors (Lipinski definition) is 3. The van der Waals surface area contributed by atoms with Crippen LogP contribution < -0.4 is 16.4 Å². The summed E-state index contributed by atoms with van der Waals surface area (Å²) < 4.78 is 0. The number of primary amides is 1. The van der Waals surface area contributed by atoms with Crippen LogP contribution in [0.25, 0.3) is 0 Å². The molecule has 2 fully saturated rings. The number of hydrogen-bond acceptors (Lipinski definition) is 7. The van der Waals surface area contributed by atoms with E-state index in [0.717, 1.165) is 60.8 Å². The van der Waals surface area contributed by atoms with Crippen molar-refractivity contribution in [2.24, 2.45) is 17.6 Å². The minimum Gasteiger partial charge on any atom is -0.368 e. The number of carbonyl (C=O) groups is 5. The highest BCUT2D eigenvalue weighted by atomic mass is 16.2. The molecule has 0 unspecified atom stereocenters. The smallest absolute Gasteiger partial charge is 0.243 e. The van der Waals surface area contributed by atoms with Gasteiger partial charge in [-0.05, 0) is 94.4 Å². The van der Waals surface area contributed by atoms with E-state index in [1.54, 1.807) is 9.80 Å². The molecule has 0 spiro atoms. The predicted molar refractivity (Wildman–Crippen MR) is 234 cm³/mol. The maximum atomic E-state index is 14.4. The van der Waals surface area contributed by atoms with E-state index in [4.69, 9.17) is 5.73 Å². The fourth-order valence-electron chi connectivity index (χ4n) is 10.3. The lowest BCUT2D eigenvalue weighted by atomic mass is 9.84. The molecule has 2 aromatic rings. The normalized spacial score (nSPS) is 21.4. The molecule has 2 aromatic carbocycles. The average Bonchev–Trinajstić information content (AvgIpc) is 3.25. The lowest BCUT2D eigenvalue weighted by molar-refractivity contribution is -0.146. The number of nitrogens with two attached hydrogens (primary N) is 1. The van der Waals surface area contributed by atoms with Crippen molar-refractivity contribution in [3.05, 3.63) is 70.8 Å². The number of amides is 5. The quantitative estimate of drug-likeness (QED) is 0.191. The van der Waals surface area contributed by atoms with Crippen molar-refractivity contribution in [3.8, 4) is 0 Å². The standard InChI is InChI=1S/C48H71N7O5/c1-52(2)42(27-33-17-7-5-8-18-33)47(59)54-31-37-23-13-11-21-35(37)29-40(54)45(57)50-26-16-15-25-39(44(49)56)51-46(58)41-30-36-22-12-14-24-38(36)32-55(41)48(60)43(53(3)4)28-34-19-9-6-10-20-34/h11-14,21-24,33-34,39-43H,5-10,15-20,25-32H2,1-4H3,(H2,49,56)(H,50,57)(H,51,58)/t39-,40-,41-,42-,43-/m0/s1. The van der Waals surface area contributed by atoms with Crippen LogP contribution in [0.5, 0.6) is 0 Å². The van der Waals surface area contributed by atoms with Crippen LogP contribution in [0.3, 0.4) is 0 Å². The topological polar surface area (TPSA) is 148 Å². The Bertz CT molecular complexity index is 1790. The van der Waals surface area contributed by atoms with Gasteiger partial charge in [-0.3, -0.25) is 33.8 Å². The van der Waals surface area contributed by atoms with Crippen molar-refractivity contribution < 1.29 is 24.0 Å². The lowest BCUT2D eigenvalue weighted by Crippen LogP contribution is -2.59. The molecule has 328 valence electrons. The molecule has 12 nitrogen and oxygen atoms in total. The SMILES string of the molecule is CN(C)[C@@H](CC1CCCCC1)C(=O)N1Cc2ccccc2C[C@H]1C(=O)NCCCC[C@H](NC(=O)[C@@H]1Cc2ccccc2CN1C(=O)[C@H](CC1CCCCC1)N(C)C)C(N)=O. The molecule has 6 rings (SSSR count). The summed E-state index contributed by atoms with van der Waals surface area (Å²) in [5.41, 5.74) is 10.1. The molecule has 0 saturated heterocycles. The minimum atomic E-state index is -0.927. The van der Waals surface area contributed by atoms with Gasteiger partial charge >= 0.3 is 0 Å². The second-order valence-corrected chi connectivity index (χ2v) is 18.6. The molecule has 5 atom stereocenters. The van der Waals surface area contributed by atoms with E-state index in [9.17, 15) is 24.0 Å². The number of unbranched alkanes of at least 4 members (excludes halogenated alkanes) is 1. The first-order chi connectivity index (χ1) is 28.9.